The number of nitrogens with one attached hydrogen (secondary N) is 1. The Hall–Kier alpha value is -3.26. The number of hydrogen-bond donors (Lipinski definition) is 1. The summed E-state index contributed by atoms with van der Waals surface area (Å²) in [7, 11) is 0. The van der Waals surface area contributed by atoms with Crippen molar-refractivity contribution >= 4 is 11.7 Å². The van der Waals surface area contributed by atoms with E-state index >= 15 is 0 Å². The number of carbonyl (C=O) groups is 1. The summed E-state index contributed by atoms with van der Waals surface area (Å²) >= 11 is 0. The highest BCUT2D eigenvalue weighted by Crippen LogP contribution is 2.36. The molecule has 1 aromatic carbocycles. The zero-order chi connectivity index (χ0) is 22.4. The van der Waals surface area contributed by atoms with Crippen LogP contribution in [0.25, 0.3) is 11.3 Å². The normalized spacial score (nSPS) is 22.2. The molecule has 2 aliphatic heterocycles. The molecule has 5 rings (SSSR count). The molecule has 6 nitrogen and oxygen atoms in total. The minimum atomic E-state index is -0.671. The number of aromatic nitrogens is 3. The molecule has 0 saturated carbocycles. The average Bonchev–Trinajstić information content (AvgIpc) is 3.34. The summed E-state index contributed by atoms with van der Waals surface area (Å²) in [6.07, 6.45) is 1.43. The Labute approximate surface area is 184 Å². The van der Waals surface area contributed by atoms with Gasteiger partial charge in [-0.15, -0.1) is 0 Å². The summed E-state index contributed by atoms with van der Waals surface area (Å²) in [4.78, 5) is 28.8. The monoisotopic (exact) mass is 435 g/mol. The Morgan fingerprint density at radius 1 is 1.06 bits per heavy atom. The van der Waals surface area contributed by atoms with Gasteiger partial charge in [-0.25, -0.2) is 18.7 Å². The summed E-state index contributed by atoms with van der Waals surface area (Å²) in [6.45, 7) is 5.82. The van der Waals surface area contributed by atoms with Crippen LogP contribution in [0.4, 0.5) is 14.7 Å². The van der Waals surface area contributed by atoms with Crippen molar-refractivity contribution in [2.24, 2.45) is 11.8 Å². The first-order valence-corrected chi connectivity index (χ1v) is 10.7. The second kappa shape index (κ2) is 8.02. The zero-order valence-electron chi connectivity index (χ0n) is 17.8. The second-order valence-electron chi connectivity index (χ2n) is 8.53. The minimum Gasteiger partial charge on any atom is -0.340 e. The number of nitrogens with zero attached hydrogens (tertiary/aromatic N) is 4. The van der Waals surface area contributed by atoms with Gasteiger partial charge < -0.3 is 10.2 Å². The van der Waals surface area contributed by atoms with E-state index in [1.807, 2.05) is 19.9 Å². The smallest absolute Gasteiger partial charge is 0.225 e. The van der Waals surface area contributed by atoms with Gasteiger partial charge in [0.25, 0.3) is 0 Å². The van der Waals surface area contributed by atoms with Crippen LogP contribution in [0.3, 0.4) is 0 Å². The van der Waals surface area contributed by atoms with E-state index < -0.39 is 17.7 Å². The largest absolute Gasteiger partial charge is 0.340 e. The Balaban J connectivity index is 1.46. The van der Waals surface area contributed by atoms with Crippen LogP contribution in [0, 0.1) is 37.3 Å². The summed E-state index contributed by atoms with van der Waals surface area (Å²) in [6, 6.07) is 8.31. The molecule has 1 N–H and O–H groups in total. The number of halogens is 2. The Bertz CT molecular complexity index is 1180. The third-order valence-electron chi connectivity index (χ3n) is 6.33. The number of aryl methyl sites for hydroxylation is 2. The van der Waals surface area contributed by atoms with Crippen molar-refractivity contribution in [1.82, 2.24) is 20.3 Å². The standard InChI is InChI=1S/C24H23F2N5O/c1-13-9-14(2)30-24(29-13)31-11-15-10-28-22(17(15)12-31)23(32)20-16(5-3-6-18(20)25)21-19(26)7-4-8-27-21/h3-9,15,17,22,28H,10-12H2,1-2H3. The molecule has 3 aromatic rings. The molecule has 0 radical (unpaired) electrons. The lowest BCUT2D eigenvalue weighted by Crippen LogP contribution is -2.40. The molecule has 3 atom stereocenters. The first-order chi connectivity index (χ1) is 15.4. The van der Waals surface area contributed by atoms with E-state index in [0.29, 0.717) is 19.0 Å². The van der Waals surface area contributed by atoms with Crippen LogP contribution < -0.4 is 10.2 Å². The Kier molecular flexibility index (Phi) is 5.17. The third kappa shape index (κ3) is 3.54. The van der Waals surface area contributed by atoms with Gasteiger partial charge in [0, 0.05) is 48.7 Å². The van der Waals surface area contributed by atoms with Crippen LogP contribution in [0.5, 0.6) is 0 Å². The van der Waals surface area contributed by atoms with E-state index in [0.717, 1.165) is 17.9 Å². The molecule has 3 unspecified atom stereocenters. The molecule has 8 heteroatoms. The van der Waals surface area contributed by atoms with E-state index in [4.69, 9.17) is 0 Å². The first-order valence-electron chi connectivity index (χ1n) is 10.7. The molecule has 2 aliphatic rings. The predicted molar refractivity (Wildman–Crippen MR) is 116 cm³/mol. The first kappa shape index (κ1) is 20.6. The Morgan fingerprint density at radius 3 is 2.56 bits per heavy atom. The maximum absolute atomic E-state index is 14.9. The van der Waals surface area contributed by atoms with Crippen molar-refractivity contribution in [2.75, 3.05) is 24.5 Å². The van der Waals surface area contributed by atoms with Crippen LogP contribution in [0.2, 0.25) is 0 Å². The molecular formula is C24H23F2N5O. The molecule has 4 heterocycles. The lowest BCUT2D eigenvalue weighted by Gasteiger charge is -2.22. The molecule has 0 aliphatic carbocycles. The summed E-state index contributed by atoms with van der Waals surface area (Å²) < 4.78 is 29.3. The van der Waals surface area contributed by atoms with E-state index in [-0.39, 0.29) is 34.4 Å². The van der Waals surface area contributed by atoms with Crippen LogP contribution in [0.1, 0.15) is 21.7 Å². The molecule has 2 aromatic heterocycles. The molecular weight excluding hydrogens is 412 g/mol. The van der Waals surface area contributed by atoms with Gasteiger partial charge in [-0.05, 0) is 44.0 Å². The topological polar surface area (TPSA) is 71.0 Å². The van der Waals surface area contributed by atoms with Crippen molar-refractivity contribution in [3.63, 3.8) is 0 Å². The molecule has 0 bridgehead atoms. The molecule has 0 spiro atoms. The van der Waals surface area contributed by atoms with Gasteiger partial charge >= 0.3 is 0 Å². The maximum atomic E-state index is 14.9. The number of pyridine rings is 1. The van der Waals surface area contributed by atoms with Gasteiger partial charge in [-0.1, -0.05) is 12.1 Å². The van der Waals surface area contributed by atoms with Crippen LogP contribution in [-0.4, -0.2) is 46.4 Å². The summed E-state index contributed by atoms with van der Waals surface area (Å²) in [5.74, 6) is -0.786. The van der Waals surface area contributed by atoms with E-state index in [1.54, 1.807) is 6.07 Å². The lowest BCUT2D eigenvalue weighted by molar-refractivity contribution is 0.0927. The van der Waals surface area contributed by atoms with Gasteiger partial charge in [0.05, 0.1) is 11.6 Å². The highest BCUT2D eigenvalue weighted by atomic mass is 19.1. The Morgan fingerprint density at radius 2 is 1.81 bits per heavy atom. The predicted octanol–water partition coefficient (Wildman–Crippen LogP) is 3.34. The summed E-state index contributed by atoms with van der Waals surface area (Å²) in [5.41, 5.74) is 1.81. The fraction of sp³-hybridized carbons (Fsp3) is 0.333. The fourth-order valence-electron chi connectivity index (χ4n) is 4.93. The van der Waals surface area contributed by atoms with Crippen molar-refractivity contribution in [3.8, 4) is 11.3 Å². The van der Waals surface area contributed by atoms with Crippen LogP contribution >= 0.6 is 0 Å². The van der Waals surface area contributed by atoms with Gasteiger partial charge in [0.2, 0.25) is 5.95 Å². The second-order valence-corrected chi connectivity index (χ2v) is 8.53. The van der Waals surface area contributed by atoms with Gasteiger partial charge in [-0.2, -0.15) is 0 Å². The number of ketones is 1. The SMILES string of the molecule is Cc1cc(C)nc(N2CC3CNC(C(=O)c4c(F)cccc4-c4ncccc4F)C3C2)n1. The lowest BCUT2D eigenvalue weighted by atomic mass is 9.87. The number of hydrogen-bond acceptors (Lipinski definition) is 6. The van der Waals surface area contributed by atoms with Gasteiger partial charge in [0.15, 0.2) is 5.78 Å². The van der Waals surface area contributed by atoms with Gasteiger partial charge in [-0.3, -0.25) is 9.78 Å². The quantitative estimate of drug-likeness (QED) is 0.634. The maximum Gasteiger partial charge on any atom is 0.225 e. The zero-order valence-corrected chi connectivity index (χ0v) is 17.8. The number of carbonyl (C=O) groups excluding carboxylic acids is 1. The number of benzene rings is 1. The van der Waals surface area contributed by atoms with Gasteiger partial charge in [0.1, 0.15) is 17.3 Å². The van der Waals surface area contributed by atoms with Crippen LogP contribution in [-0.2, 0) is 0 Å². The minimum absolute atomic E-state index is 0.0204. The van der Waals surface area contributed by atoms with Crippen molar-refractivity contribution < 1.29 is 13.6 Å². The number of fused-ring (bicyclic) bond motifs is 1. The number of rotatable bonds is 4. The molecule has 2 fully saturated rings. The van der Waals surface area contributed by atoms with E-state index in [9.17, 15) is 13.6 Å². The van der Waals surface area contributed by atoms with Crippen molar-refractivity contribution in [1.29, 1.82) is 0 Å². The highest BCUT2D eigenvalue weighted by molar-refractivity contribution is 6.06. The van der Waals surface area contributed by atoms with Crippen LogP contribution in [0.15, 0.2) is 42.6 Å². The van der Waals surface area contributed by atoms with E-state index in [2.05, 4.69) is 25.2 Å². The number of anilines is 1. The van der Waals surface area contributed by atoms with E-state index in [1.165, 1.54) is 30.5 Å². The summed E-state index contributed by atoms with van der Waals surface area (Å²) in [5, 5.41) is 3.27. The molecule has 0 amide bonds. The average molecular weight is 435 g/mol. The molecule has 32 heavy (non-hydrogen) atoms. The molecule has 2 saturated heterocycles. The van der Waals surface area contributed by atoms with Crippen molar-refractivity contribution in [2.45, 2.75) is 19.9 Å². The third-order valence-corrected chi connectivity index (χ3v) is 6.33. The number of Topliss-reactive ketones (excluding diaryl/α,β-unsaturated/α-hetero) is 1. The van der Waals surface area contributed by atoms with Crippen molar-refractivity contribution in [3.05, 3.63) is 71.2 Å². The molecule has 164 valence electrons. The highest BCUT2D eigenvalue weighted by Gasteiger charge is 2.47. The fourth-order valence-corrected chi connectivity index (χ4v) is 4.93.